The smallest absolute Gasteiger partial charge is 0.460 e. The maximum absolute atomic E-state index is 13.2. The zero-order valence-corrected chi connectivity index (χ0v) is 13.4. The molecule has 22 heavy (non-hydrogen) atoms. The summed E-state index contributed by atoms with van der Waals surface area (Å²) >= 11 is 0. The third kappa shape index (κ3) is 3.42. The Hall–Kier alpha value is -0.760. The van der Waals surface area contributed by atoms with Crippen LogP contribution in [0.2, 0.25) is 0 Å². The molecule has 1 N–H and O–H groups in total. The van der Waals surface area contributed by atoms with Gasteiger partial charge in [-0.2, -0.15) is 17.2 Å². The molecule has 0 aromatic carbocycles. The molecule has 8 heteroatoms. The molecule has 0 heterocycles. The van der Waals surface area contributed by atoms with Gasteiger partial charge in [0.15, 0.2) is 0 Å². The molecule has 0 amide bonds. The third-order valence-electron chi connectivity index (χ3n) is 5.16. The lowest BCUT2D eigenvalue weighted by Gasteiger charge is -2.46. The highest BCUT2D eigenvalue weighted by Gasteiger charge is 2.55. The second-order valence-electron chi connectivity index (χ2n) is 6.73. The fraction of sp³-hybridized carbons (Fsp3) is 0.929. The highest BCUT2D eigenvalue weighted by molar-refractivity contribution is 7.87. The van der Waals surface area contributed by atoms with Crippen molar-refractivity contribution in [1.29, 1.82) is 0 Å². The van der Waals surface area contributed by atoms with Crippen LogP contribution in [0, 0.1) is 17.3 Å². The van der Waals surface area contributed by atoms with Crippen molar-refractivity contribution in [3.8, 4) is 0 Å². The number of halogens is 2. The van der Waals surface area contributed by atoms with Gasteiger partial charge in [-0.25, -0.2) is 4.79 Å². The van der Waals surface area contributed by atoms with E-state index >= 15 is 0 Å². The van der Waals surface area contributed by atoms with Crippen LogP contribution in [0.4, 0.5) is 8.78 Å². The van der Waals surface area contributed by atoms with Crippen LogP contribution in [0.1, 0.15) is 51.9 Å². The number of carbonyl (C=O) groups is 1. The first-order chi connectivity index (χ1) is 10.1. The summed E-state index contributed by atoms with van der Waals surface area (Å²) in [4.78, 5) is 11.3. The van der Waals surface area contributed by atoms with E-state index in [0.717, 1.165) is 32.1 Å². The van der Waals surface area contributed by atoms with Crippen molar-refractivity contribution in [2.75, 3.05) is 6.61 Å². The van der Waals surface area contributed by atoms with Crippen molar-refractivity contribution in [3.63, 3.8) is 0 Å². The van der Waals surface area contributed by atoms with Crippen LogP contribution in [-0.2, 0) is 19.6 Å². The predicted molar refractivity (Wildman–Crippen MR) is 74.9 cm³/mol. The van der Waals surface area contributed by atoms with E-state index in [1.165, 1.54) is 6.42 Å². The number of fused-ring (bicyclic) bond motifs is 2. The highest BCUT2D eigenvalue weighted by Crippen LogP contribution is 2.50. The zero-order chi connectivity index (χ0) is 16.6. The molecular weight excluding hydrogens is 318 g/mol. The van der Waals surface area contributed by atoms with Crippen molar-refractivity contribution >= 4 is 16.1 Å². The van der Waals surface area contributed by atoms with Crippen molar-refractivity contribution in [1.82, 2.24) is 0 Å². The highest BCUT2D eigenvalue weighted by atomic mass is 32.2. The van der Waals surface area contributed by atoms with Crippen LogP contribution in [0.3, 0.4) is 0 Å². The Labute approximate surface area is 129 Å². The quantitative estimate of drug-likeness (QED) is 0.615. The first kappa shape index (κ1) is 17.6. The summed E-state index contributed by atoms with van der Waals surface area (Å²) < 4.78 is 60.6. The van der Waals surface area contributed by atoms with Crippen LogP contribution in [0.15, 0.2) is 0 Å². The van der Waals surface area contributed by atoms with E-state index in [9.17, 15) is 22.0 Å². The lowest BCUT2D eigenvalue weighted by atomic mass is 9.60. The number of hydrogen-bond donors (Lipinski definition) is 1. The topological polar surface area (TPSA) is 80.7 Å². The van der Waals surface area contributed by atoms with E-state index in [2.05, 4.69) is 4.74 Å². The molecule has 2 aliphatic rings. The molecule has 2 saturated carbocycles. The molecule has 2 atom stereocenters. The van der Waals surface area contributed by atoms with Crippen LogP contribution < -0.4 is 0 Å². The van der Waals surface area contributed by atoms with Gasteiger partial charge in [-0.3, -0.25) is 4.55 Å². The molecule has 128 valence electrons. The lowest BCUT2D eigenvalue weighted by Crippen LogP contribution is -2.43. The average molecular weight is 340 g/mol. The summed E-state index contributed by atoms with van der Waals surface area (Å²) in [5, 5.41) is -4.91. The third-order valence-corrected chi connectivity index (χ3v) is 5.97. The Morgan fingerprint density at radius 3 is 2.32 bits per heavy atom. The van der Waals surface area contributed by atoms with E-state index in [4.69, 9.17) is 4.55 Å². The number of carbonyl (C=O) groups excluding carboxylic acids is 1. The molecule has 0 aromatic heterocycles. The molecule has 0 spiro atoms. The number of ether oxygens (including phenoxy) is 1. The summed E-state index contributed by atoms with van der Waals surface area (Å²) in [6, 6.07) is 0. The van der Waals surface area contributed by atoms with Gasteiger partial charge in [-0.05, 0) is 37.5 Å². The molecule has 5 nitrogen and oxygen atoms in total. The Morgan fingerprint density at radius 2 is 1.86 bits per heavy atom. The Kier molecular flexibility index (Phi) is 4.82. The number of esters is 1. The van der Waals surface area contributed by atoms with Gasteiger partial charge >= 0.3 is 21.3 Å². The van der Waals surface area contributed by atoms with E-state index in [-0.39, 0.29) is 12.0 Å². The van der Waals surface area contributed by atoms with Gasteiger partial charge < -0.3 is 4.74 Å². The van der Waals surface area contributed by atoms with Crippen molar-refractivity contribution < 1.29 is 31.3 Å². The maximum Gasteiger partial charge on any atom is 0.465 e. The van der Waals surface area contributed by atoms with Gasteiger partial charge in [-0.15, -0.1) is 0 Å². The molecule has 0 aromatic rings. The first-order valence-electron chi connectivity index (χ1n) is 7.62. The van der Waals surface area contributed by atoms with Crippen LogP contribution in [-0.4, -0.2) is 30.8 Å². The van der Waals surface area contributed by atoms with Gasteiger partial charge in [0.05, 0.1) is 6.61 Å². The predicted octanol–water partition coefficient (Wildman–Crippen LogP) is 3.01. The normalized spacial score (nSPS) is 32.5. The Balaban J connectivity index is 2.04. The minimum Gasteiger partial charge on any atom is -0.460 e. The van der Waals surface area contributed by atoms with E-state index in [1.54, 1.807) is 0 Å². The van der Waals surface area contributed by atoms with Crippen LogP contribution in [0.25, 0.3) is 0 Å². The molecule has 2 bridgehead atoms. The standard InChI is InChI=1S/C14H22F2O5S/c1-2-13(7-10-4-3-5-11(6-10)8-13)9-21-12(17)14(15,16)22(18,19)20/h10-11H,2-9H2,1H3,(H,18,19,20). The SMILES string of the molecule is CCC1(COC(=O)C(F)(F)S(=O)(=O)O)CC2CCCC(C2)C1. The summed E-state index contributed by atoms with van der Waals surface area (Å²) in [5.74, 6) is -1.15. The second-order valence-corrected chi connectivity index (χ2v) is 8.19. The van der Waals surface area contributed by atoms with E-state index in [0.29, 0.717) is 18.3 Å². The van der Waals surface area contributed by atoms with Crippen molar-refractivity contribution in [2.24, 2.45) is 17.3 Å². The molecule has 2 unspecified atom stereocenters. The van der Waals surface area contributed by atoms with Gasteiger partial charge in [0.25, 0.3) is 0 Å². The summed E-state index contributed by atoms with van der Waals surface area (Å²) in [6.45, 7) is 1.70. The van der Waals surface area contributed by atoms with Gasteiger partial charge in [0.1, 0.15) is 0 Å². The minimum atomic E-state index is -5.80. The largest absolute Gasteiger partial charge is 0.465 e. The molecular formula is C14H22F2O5S. The van der Waals surface area contributed by atoms with Crippen molar-refractivity contribution in [2.45, 2.75) is 57.1 Å². The number of hydrogen-bond acceptors (Lipinski definition) is 4. The number of alkyl halides is 2. The Morgan fingerprint density at radius 1 is 1.32 bits per heavy atom. The molecule has 2 aliphatic carbocycles. The molecule has 2 fully saturated rings. The Bertz CT molecular complexity index is 519. The fourth-order valence-electron chi connectivity index (χ4n) is 4.00. The lowest BCUT2D eigenvalue weighted by molar-refractivity contribution is -0.167. The number of rotatable bonds is 5. The van der Waals surface area contributed by atoms with Gasteiger partial charge in [0, 0.05) is 5.41 Å². The van der Waals surface area contributed by atoms with Gasteiger partial charge in [0.2, 0.25) is 0 Å². The monoisotopic (exact) mass is 340 g/mol. The maximum atomic E-state index is 13.2. The molecule has 2 rings (SSSR count). The summed E-state index contributed by atoms with van der Waals surface area (Å²) in [5.41, 5.74) is -0.362. The van der Waals surface area contributed by atoms with E-state index < -0.39 is 21.3 Å². The fourth-order valence-corrected chi connectivity index (χ4v) is 4.27. The summed E-state index contributed by atoms with van der Waals surface area (Å²) in [7, 11) is -5.80. The van der Waals surface area contributed by atoms with Crippen molar-refractivity contribution in [3.05, 3.63) is 0 Å². The van der Waals surface area contributed by atoms with Crippen LogP contribution >= 0.6 is 0 Å². The van der Waals surface area contributed by atoms with Crippen LogP contribution in [0.5, 0.6) is 0 Å². The second kappa shape index (κ2) is 6.03. The minimum absolute atomic E-state index is 0.222. The van der Waals surface area contributed by atoms with Gasteiger partial charge in [-0.1, -0.05) is 26.2 Å². The average Bonchev–Trinajstić information content (AvgIpc) is 2.43. The zero-order valence-electron chi connectivity index (χ0n) is 12.6. The molecule has 0 saturated heterocycles. The van der Waals surface area contributed by atoms with E-state index in [1.807, 2.05) is 6.92 Å². The summed E-state index contributed by atoms with van der Waals surface area (Å²) in [6.07, 6.45) is 6.83. The molecule has 0 radical (unpaired) electrons. The molecule has 0 aliphatic heterocycles. The first-order valence-corrected chi connectivity index (χ1v) is 9.06.